The monoisotopic (exact) mass is 158 g/mol. The summed E-state index contributed by atoms with van der Waals surface area (Å²) >= 11 is 0. The lowest BCUT2D eigenvalue weighted by molar-refractivity contribution is 0.151. The van der Waals surface area contributed by atoms with Crippen molar-refractivity contribution in [3.05, 3.63) is 29.6 Å². The first-order valence-corrected chi connectivity index (χ1v) is 3.17. The first kappa shape index (κ1) is 8.07. The molecule has 4 heteroatoms. The lowest BCUT2D eigenvalue weighted by Crippen LogP contribution is -1.99. The highest BCUT2D eigenvalue weighted by Gasteiger charge is 2.05. The van der Waals surface area contributed by atoms with E-state index in [1.807, 2.05) is 0 Å². The molecule has 11 heavy (non-hydrogen) atoms. The van der Waals surface area contributed by atoms with E-state index < -0.39 is 6.43 Å². The van der Waals surface area contributed by atoms with E-state index in [0.29, 0.717) is 5.69 Å². The maximum absolute atomic E-state index is 11.9. The zero-order valence-corrected chi connectivity index (χ0v) is 5.80. The summed E-state index contributed by atoms with van der Waals surface area (Å²) in [5, 5.41) is 0. The molecule has 0 radical (unpaired) electrons. The number of halogens is 2. The Morgan fingerprint density at radius 1 is 1.45 bits per heavy atom. The molecule has 0 aliphatic carbocycles. The third-order valence-corrected chi connectivity index (χ3v) is 1.31. The summed E-state index contributed by atoms with van der Waals surface area (Å²) < 4.78 is 23.9. The molecule has 2 N–H and O–H groups in total. The Labute approximate surface area is 63.1 Å². The highest BCUT2D eigenvalue weighted by molar-refractivity contribution is 5.14. The van der Waals surface area contributed by atoms with Crippen LogP contribution in [0.3, 0.4) is 0 Å². The molecular weight excluding hydrogens is 150 g/mol. The Kier molecular flexibility index (Phi) is 2.48. The molecule has 0 atom stereocenters. The van der Waals surface area contributed by atoms with Crippen LogP contribution < -0.4 is 5.73 Å². The third-order valence-electron chi connectivity index (χ3n) is 1.31. The molecule has 1 heterocycles. The summed E-state index contributed by atoms with van der Waals surface area (Å²) in [4.78, 5) is 3.71. The van der Waals surface area contributed by atoms with Gasteiger partial charge in [0.15, 0.2) is 0 Å². The van der Waals surface area contributed by atoms with Crippen molar-refractivity contribution < 1.29 is 8.78 Å². The summed E-state index contributed by atoms with van der Waals surface area (Å²) in [5.41, 5.74) is 5.78. The minimum Gasteiger partial charge on any atom is -0.325 e. The van der Waals surface area contributed by atoms with Crippen LogP contribution in [0.1, 0.15) is 17.7 Å². The Hall–Kier alpha value is -1.03. The minimum absolute atomic E-state index is 0.0674. The van der Waals surface area contributed by atoms with Crippen LogP contribution in [-0.4, -0.2) is 4.98 Å². The topological polar surface area (TPSA) is 38.9 Å². The van der Waals surface area contributed by atoms with E-state index in [2.05, 4.69) is 4.98 Å². The Morgan fingerprint density at radius 2 is 2.18 bits per heavy atom. The third kappa shape index (κ3) is 1.94. The standard InChI is InChI=1S/C7H8F2N2/c8-7(9)5-1-2-6(3-10)11-4-5/h1-2,4,7H,3,10H2. The van der Waals surface area contributed by atoms with Gasteiger partial charge in [-0.05, 0) is 12.1 Å². The van der Waals surface area contributed by atoms with Gasteiger partial charge in [-0.1, -0.05) is 0 Å². The molecule has 0 aromatic carbocycles. The lowest BCUT2D eigenvalue weighted by atomic mass is 10.2. The summed E-state index contributed by atoms with van der Waals surface area (Å²) in [6.45, 7) is 0.281. The number of nitrogens with two attached hydrogens (primary N) is 1. The van der Waals surface area contributed by atoms with E-state index in [1.54, 1.807) is 0 Å². The van der Waals surface area contributed by atoms with Crippen molar-refractivity contribution in [1.29, 1.82) is 0 Å². The molecule has 0 unspecified atom stereocenters. The maximum Gasteiger partial charge on any atom is 0.265 e. The van der Waals surface area contributed by atoms with Gasteiger partial charge in [-0.25, -0.2) is 8.78 Å². The van der Waals surface area contributed by atoms with Crippen LogP contribution >= 0.6 is 0 Å². The van der Waals surface area contributed by atoms with Crippen LogP contribution in [0.5, 0.6) is 0 Å². The van der Waals surface area contributed by atoms with Crippen molar-refractivity contribution in [2.45, 2.75) is 13.0 Å². The van der Waals surface area contributed by atoms with Crippen molar-refractivity contribution in [1.82, 2.24) is 4.98 Å². The maximum atomic E-state index is 11.9. The van der Waals surface area contributed by atoms with E-state index >= 15 is 0 Å². The molecule has 1 aromatic rings. The summed E-state index contributed by atoms with van der Waals surface area (Å²) in [5.74, 6) is 0. The second-order valence-corrected chi connectivity index (χ2v) is 2.09. The first-order chi connectivity index (χ1) is 5.24. The van der Waals surface area contributed by atoms with Gasteiger partial charge in [0.1, 0.15) is 0 Å². The number of nitrogens with zero attached hydrogens (tertiary/aromatic N) is 1. The van der Waals surface area contributed by atoms with Crippen molar-refractivity contribution in [2.75, 3.05) is 0 Å². The van der Waals surface area contributed by atoms with Gasteiger partial charge in [-0.2, -0.15) is 0 Å². The summed E-state index contributed by atoms with van der Waals surface area (Å²) in [6.07, 6.45) is -1.30. The van der Waals surface area contributed by atoms with Gasteiger partial charge >= 0.3 is 0 Å². The van der Waals surface area contributed by atoms with E-state index in [-0.39, 0.29) is 12.1 Å². The lowest BCUT2D eigenvalue weighted by Gasteiger charge is -1.98. The fourth-order valence-corrected chi connectivity index (χ4v) is 0.686. The molecule has 0 bridgehead atoms. The molecule has 1 aromatic heterocycles. The normalized spacial score (nSPS) is 10.5. The predicted octanol–water partition coefficient (Wildman–Crippen LogP) is 1.48. The summed E-state index contributed by atoms with van der Waals surface area (Å²) in [7, 11) is 0. The average molecular weight is 158 g/mol. The molecule has 1 rings (SSSR count). The smallest absolute Gasteiger partial charge is 0.265 e. The molecular formula is C7H8F2N2. The van der Waals surface area contributed by atoms with Crippen LogP contribution in [0.15, 0.2) is 18.3 Å². The van der Waals surface area contributed by atoms with Gasteiger partial charge in [-0.15, -0.1) is 0 Å². The largest absolute Gasteiger partial charge is 0.325 e. The van der Waals surface area contributed by atoms with Crippen LogP contribution in [0.25, 0.3) is 0 Å². The van der Waals surface area contributed by atoms with Crippen molar-refractivity contribution in [3.63, 3.8) is 0 Å². The Bertz CT molecular complexity index is 220. The van der Waals surface area contributed by atoms with Gasteiger partial charge in [0.2, 0.25) is 0 Å². The molecule has 0 saturated heterocycles. The molecule has 2 nitrogen and oxygen atoms in total. The highest BCUT2D eigenvalue weighted by atomic mass is 19.3. The first-order valence-electron chi connectivity index (χ1n) is 3.17. The second kappa shape index (κ2) is 3.39. The van der Waals surface area contributed by atoms with E-state index in [1.165, 1.54) is 12.1 Å². The number of hydrogen-bond donors (Lipinski definition) is 1. The van der Waals surface area contributed by atoms with Crippen LogP contribution in [0.4, 0.5) is 8.78 Å². The SMILES string of the molecule is NCc1ccc(C(F)F)cn1. The molecule has 0 saturated carbocycles. The molecule has 0 fully saturated rings. The van der Waals surface area contributed by atoms with Crippen molar-refractivity contribution >= 4 is 0 Å². The number of aromatic nitrogens is 1. The number of rotatable bonds is 2. The number of hydrogen-bond acceptors (Lipinski definition) is 2. The van der Waals surface area contributed by atoms with Crippen LogP contribution in [0.2, 0.25) is 0 Å². The molecule has 0 spiro atoms. The minimum atomic E-state index is -2.45. The number of alkyl halides is 2. The fourth-order valence-electron chi connectivity index (χ4n) is 0.686. The Morgan fingerprint density at radius 3 is 2.55 bits per heavy atom. The zero-order chi connectivity index (χ0) is 8.27. The fraction of sp³-hybridized carbons (Fsp3) is 0.286. The molecule has 60 valence electrons. The molecule has 0 aliphatic rings. The Balaban J connectivity index is 2.83. The summed E-state index contributed by atoms with van der Waals surface area (Å²) in [6, 6.07) is 2.83. The zero-order valence-electron chi connectivity index (χ0n) is 5.80. The van der Waals surface area contributed by atoms with Gasteiger partial charge < -0.3 is 5.73 Å². The van der Waals surface area contributed by atoms with Gasteiger partial charge in [0.05, 0.1) is 5.69 Å². The van der Waals surface area contributed by atoms with Gasteiger partial charge in [0.25, 0.3) is 6.43 Å². The van der Waals surface area contributed by atoms with Crippen molar-refractivity contribution in [2.24, 2.45) is 5.73 Å². The van der Waals surface area contributed by atoms with Crippen LogP contribution in [0, 0.1) is 0 Å². The van der Waals surface area contributed by atoms with E-state index in [0.717, 1.165) is 6.20 Å². The molecule has 0 aliphatic heterocycles. The van der Waals surface area contributed by atoms with Gasteiger partial charge in [-0.3, -0.25) is 4.98 Å². The van der Waals surface area contributed by atoms with Crippen LogP contribution in [-0.2, 0) is 6.54 Å². The quantitative estimate of drug-likeness (QED) is 0.707. The second-order valence-electron chi connectivity index (χ2n) is 2.09. The van der Waals surface area contributed by atoms with Crippen molar-refractivity contribution in [3.8, 4) is 0 Å². The van der Waals surface area contributed by atoms with E-state index in [9.17, 15) is 8.78 Å². The van der Waals surface area contributed by atoms with E-state index in [4.69, 9.17) is 5.73 Å². The highest BCUT2D eigenvalue weighted by Crippen LogP contribution is 2.16. The van der Waals surface area contributed by atoms with Gasteiger partial charge in [0, 0.05) is 18.3 Å². The average Bonchev–Trinajstić information content (AvgIpc) is 2.05. The molecule has 0 amide bonds. The number of pyridine rings is 1. The predicted molar refractivity (Wildman–Crippen MR) is 37.1 cm³/mol.